The second-order valence-electron chi connectivity index (χ2n) is 4.47. The van der Waals surface area contributed by atoms with Gasteiger partial charge in [0.25, 0.3) is 0 Å². The fourth-order valence-electron chi connectivity index (χ4n) is 1.94. The highest BCUT2D eigenvalue weighted by Crippen LogP contribution is 2.13. The number of nitrogens with two attached hydrogens (primary N) is 1. The van der Waals surface area contributed by atoms with Gasteiger partial charge in [0.15, 0.2) is 0 Å². The monoisotopic (exact) mass is 286 g/mol. The molecular weight excluding hydrogens is 264 g/mol. The largest absolute Gasteiger partial charge is 0.383 e. The molecule has 19 heavy (non-hydrogen) atoms. The maximum Gasteiger partial charge on any atom is 0.239 e. The van der Waals surface area contributed by atoms with Crippen molar-refractivity contribution in [3.8, 4) is 0 Å². The van der Waals surface area contributed by atoms with Gasteiger partial charge in [0.1, 0.15) is 6.04 Å². The molecule has 1 unspecified atom stereocenters. The van der Waals surface area contributed by atoms with Crippen LogP contribution in [0.4, 0.5) is 0 Å². The standard InChI is InChI=1S/C14H22N2O2.ClH/c1-10-5-4-6-11(2)12(10)7-8-16-14(17)13(15)9-18-3;/h4-6,13H,7-9,15H2,1-3H3,(H,16,17);1H. The van der Waals surface area contributed by atoms with Gasteiger partial charge in [-0.2, -0.15) is 0 Å². The van der Waals surface area contributed by atoms with Crippen molar-refractivity contribution >= 4 is 18.3 Å². The molecule has 1 amide bonds. The zero-order valence-electron chi connectivity index (χ0n) is 11.7. The molecule has 108 valence electrons. The predicted molar refractivity (Wildman–Crippen MR) is 79.7 cm³/mol. The summed E-state index contributed by atoms with van der Waals surface area (Å²) in [6, 6.07) is 5.62. The first-order chi connectivity index (χ1) is 8.56. The summed E-state index contributed by atoms with van der Waals surface area (Å²) in [5, 5.41) is 2.83. The number of carbonyl (C=O) groups excluding carboxylic acids is 1. The van der Waals surface area contributed by atoms with Crippen molar-refractivity contribution in [1.29, 1.82) is 0 Å². The number of amides is 1. The number of aryl methyl sites for hydroxylation is 2. The normalized spacial score (nSPS) is 11.6. The van der Waals surface area contributed by atoms with Gasteiger partial charge in [0, 0.05) is 13.7 Å². The Morgan fingerprint density at radius 2 is 1.95 bits per heavy atom. The predicted octanol–water partition coefficient (Wildman–Crippen LogP) is 1.36. The molecule has 0 aliphatic heterocycles. The lowest BCUT2D eigenvalue weighted by molar-refractivity contribution is -0.123. The van der Waals surface area contributed by atoms with Gasteiger partial charge >= 0.3 is 0 Å². The van der Waals surface area contributed by atoms with Gasteiger partial charge < -0.3 is 15.8 Å². The maximum absolute atomic E-state index is 11.6. The molecular formula is C14H23ClN2O2. The second kappa shape index (κ2) is 8.91. The van der Waals surface area contributed by atoms with Crippen molar-refractivity contribution < 1.29 is 9.53 Å². The molecule has 0 aliphatic rings. The smallest absolute Gasteiger partial charge is 0.239 e. The van der Waals surface area contributed by atoms with Gasteiger partial charge in [-0.25, -0.2) is 0 Å². The molecule has 0 aliphatic carbocycles. The highest BCUT2D eigenvalue weighted by atomic mass is 35.5. The molecule has 0 heterocycles. The van der Waals surface area contributed by atoms with Gasteiger partial charge in [0.05, 0.1) is 6.61 Å². The van der Waals surface area contributed by atoms with Crippen LogP contribution in [0.15, 0.2) is 18.2 Å². The number of methoxy groups -OCH3 is 1. The van der Waals surface area contributed by atoms with Gasteiger partial charge in [-0.3, -0.25) is 4.79 Å². The van der Waals surface area contributed by atoms with Crippen LogP contribution in [0.5, 0.6) is 0 Å². The number of rotatable bonds is 6. The SMILES string of the molecule is COCC(N)C(=O)NCCc1c(C)cccc1C.Cl. The van der Waals surface area contributed by atoms with E-state index >= 15 is 0 Å². The summed E-state index contributed by atoms with van der Waals surface area (Å²) in [5.41, 5.74) is 9.43. The van der Waals surface area contributed by atoms with Crippen LogP contribution in [-0.2, 0) is 16.0 Å². The highest BCUT2D eigenvalue weighted by Gasteiger charge is 2.12. The molecule has 0 bridgehead atoms. The zero-order chi connectivity index (χ0) is 13.5. The molecule has 1 atom stereocenters. The third-order valence-corrected chi connectivity index (χ3v) is 3.00. The summed E-state index contributed by atoms with van der Waals surface area (Å²) in [7, 11) is 1.53. The van der Waals surface area contributed by atoms with Gasteiger partial charge in [-0.1, -0.05) is 18.2 Å². The molecule has 5 heteroatoms. The molecule has 1 aromatic carbocycles. The van der Waals surface area contributed by atoms with E-state index < -0.39 is 6.04 Å². The van der Waals surface area contributed by atoms with E-state index in [1.165, 1.54) is 23.8 Å². The number of nitrogens with one attached hydrogen (secondary N) is 1. The Hall–Kier alpha value is -1.10. The lowest BCUT2D eigenvalue weighted by Crippen LogP contribution is -2.44. The average molecular weight is 287 g/mol. The van der Waals surface area contributed by atoms with Crippen molar-refractivity contribution in [2.75, 3.05) is 20.3 Å². The third-order valence-electron chi connectivity index (χ3n) is 3.00. The Morgan fingerprint density at radius 1 is 1.37 bits per heavy atom. The lowest BCUT2D eigenvalue weighted by atomic mass is 10.0. The molecule has 0 saturated carbocycles. The zero-order valence-corrected chi connectivity index (χ0v) is 12.5. The fourth-order valence-corrected chi connectivity index (χ4v) is 1.94. The number of ether oxygens (including phenoxy) is 1. The Kier molecular flexibility index (Phi) is 8.39. The van der Waals surface area contributed by atoms with Crippen LogP contribution in [0.2, 0.25) is 0 Å². The minimum Gasteiger partial charge on any atom is -0.383 e. The van der Waals surface area contributed by atoms with Crippen LogP contribution in [0.25, 0.3) is 0 Å². The number of benzene rings is 1. The Bertz CT molecular complexity index is 390. The van der Waals surface area contributed by atoms with Crippen LogP contribution in [0.1, 0.15) is 16.7 Å². The van der Waals surface area contributed by atoms with Crippen LogP contribution in [0, 0.1) is 13.8 Å². The van der Waals surface area contributed by atoms with E-state index in [0.717, 1.165) is 6.42 Å². The van der Waals surface area contributed by atoms with Crippen molar-refractivity contribution in [1.82, 2.24) is 5.32 Å². The van der Waals surface area contributed by atoms with Crippen molar-refractivity contribution in [2.45, 2.75) is 26.3 Å². The van der Waals surface area contributed by atoms with Crippen LogP contribution < -0.4 is 11.1 Å². The van der Waals surface area contributed by atoms with Gasteiger partial charge in [-0.15, -0.1) is 12.4 Å². The lowest BCUT2D eigenvalue weighted by Gasteiger charge is -2.13. The van der Waals surface area contributed by atoms with Crippen LogP contribution >= 0.6 is 12.4 Å². The first-order valence-electron chi connectivity index (χ1n) is 6.13. The van der Waals surface area contributed by atoms with E-state index in [-0.39, 0.29) is 24.9 Å². The van der Waals surface area contributed by atoms with E-state index in [4.69, 9.17) is 10.5 Å². The highest BCUT2D eigenvalue weighted by molar-refractivity contribution is 5.85. The number of hydrogen-bond acceptors (Lipinski definition) is 3. The first-order valence-corrected chi connectivity index (χ1v) is 6.13. The summed E-state index contributed by atoms with van der Waals surface area (Å²) in [6.07, 6.45) is 0.823. The number of halogens is 1. The topological polar surface area (TPSA) is 64.3 Å². The summed E-state index contributed by atoms with van der Waals surface area (Å²) in [6.45, 7) is 5.01. The summed E-state index contributed by atoms with van der Waals surface area (Å²) in [5.74, 6) is -0.164. The Labute approximate surface area is 121 Å². The molecule has 1 rings (SSSR count). The summed E-state index contributed by atoms with van der Waals surface area (Å²) < 4.78 is 4.84. The molecule has 4 nitrogen and oxygen atoms in total. The molecule has 0 spiro atoms. The summed E-state index contributed by atoms with van der Waals surface area (Å²) >= 11 is 0. The fraction of sp³-hybridized carbons (Fsp3) is 0.500. The van der Waals surface area contributed by atoms with Crippen LogP contribution in [0.3, 0.4) is 0 Å². The average Bonchev–Trinajstić information content (AvgIpc) is 2.33. The molecule has 0 radical (unpaired) electrons. The van der Waals surface area contributed by atoms with Gasteiger partial charge in [-0.05, 0) is 37.0 Å². The minimum atomic E-state index is -0.590. The molecule has 1 aromatic rings. The molecule has 0 aromatic heterocycles. The third kappa shape index (κ3) is 5.59. The molecule has 0 saturated heterocycles. The summed E-state index contributed by atoms with van der Waals surface area (Å²) in [4.78, 5) is 11.6. The second-order valence-corrected chi connectivity index (χ2v) is 4.47. The van der Waals surface area contributed by atoms with Crippen molar-refractivity contribution in [3.05, 3.63) is 34.9 Å². The van der Waals surface area contributed by atoms with E-state index in [0.29, 0.717) is 6.54 Å². The Morgan fingerprint density at radius 3 is 2.47 bits per heavy atom. The quantitative estimate of drug-likeness (QED) is 0.830. The molecule has 0 fully saturated rings. The maximum atomic E-state index is 11.6. The van der Waals surface area contributed by atoms with E-state index in [1.54, 1.807) is 0 Å². The Balaban J connectivity index is 0.00000324. The van der Waals surface area contributed by atoms with E-state index in [9.17, 15) is 4.79 Å². The number of hydrogen-bond donors (Lipinski definition) is 2. The minimum absolute atomic E-state index is 0. The van der Waals surface area contributed by atoms with E-state index in [1.807, 2.05) is 6.07 Å². The van der Waals surface area contributed by atoms with Crippen molar-refractivity contribution in [3.63, 3.8) is 0 Å². The van der Waals surface area contributed by atoms with E-state index in [2.05, 4.69) is 31.3 Å². The van der Waals surface area contributed by atoms with Gasteiger partial charge in [0.2, 0.25) is 5.91 Å². The first kappa shape index (κ1) is 17.9. The molecule has 3 N–H and O–H groups in total. The number of carbonyl (C=O) groups is 1. The van der Waals surface area contributed by atoms with Crippen LogP contribution in [-0.4, -0.2) is 32.2 Å². The van der Waals surface area contributed by atoms with Crippen molar-refractivity contribution in [2.24, 2.45) is 5.73 Å².